The summed E-state index contributed by atoms with van der Waals surface area (Å²) < 4.78 is 0. The van der Waals surface area contributed by atoms with Crippen LogP contribution in [0.5, 0.6) is 0 Å². The van der Waals surface area contributed by atoms with E-state index in [1.165, 1.54) is 0 Å². The molecule has 0 bridgehead atoms. The second-order valence-electron chi connectivity index (χ2n) is 5.24. The monoisotopic (exact) mass is 298 g/mol. The summed E-state index contributed by atoms with van der Waals surface area (Å²) >= 11 is 0. The van der Waals surface area contributed by atoms with Crippen molar-refractivity contribution < 1.29 is 4.79 Å². The molecule has 3 heterocycles. The fourth-order valence-corrected chi connectivity index (χ4v) is 2.72. The van der Waals surface area contributed by atoms with Crippen LogP contribution in [0.3, 0.4) is 0 Å². The van der Waals surface area contributed by atoms with Gasteiger partial charge >= 0.3 is 0 Å². The average molecular weight is 298 g/mol. The summed E-state index contributed by atoms with van der Waals surface area (Å²) in [6.45, 7) is 1.12. The van der Waals surface area contributed by atoms with Crippen molar-refractivity contribution in [3.8, 4) is 0 Å². The van der Waals surface area contributed by atoms with Crippen LogP contribution in [0.25, 0.3) is 0 Å². The lowest BCUT2D eigenvalue weighted by molar-refractivity contribution is -0.119. The number of anilines is 2. The molecule has 1 aliphatic rings. The first-order valence-electron chi connectivity index (χ1n) is 7.26. The smallest absolute Gasteiger partial charge is 0.231 e. The third-order valence-electron chi connectivity index (χ3n) is 3.65. The first kappa shape index (κ1) is 14.4. The van der Waals surface area contributed by atoms with Crippen LogP contribution in [0, 0.1) is 0 Å². The number of nitrogens with two attached hydrogens (primary N) is 1. The number of carbonyl (C=O) groups is 1. The summed E-state index contributed by atoms with van der Waals surface area (Å²) in [5, 5.41) is 3.08. The summed E-state index contributed by atoms with van der Waals surface area (Å²) in [6, 6.07) is 7.59. The highest BCUT2D eigenvalue weighted by Crippen LogP contribution is 2.30. The van der Waals surface area contributed by atoms with Gasteiger partial charge in [0.15, 0.2) is 0 Å². The van der Waals surface area contributed by atoms with E-state index >= 15 is 0 Å². The molecule has 0 saturated carbocycles. The zero-order chi connectivity index (χ0) is 15.4. The van der Waals surface area contributed by atoms with Crippen molar-refractivity contribution in [1.82, 2.24) is 19.9 Å². The van der Waals surface area contributed by atoms with Crippen LogP contribution < -0.4 is 11.1 Å². The zero-order valence-electron chi connectivity index (χ0n) is 12.1. The van der Waals surface area contributed by atoms with Crippen LogP contribution >= 0.6 is 0 Å². The lowest BCUT2D eigenvalue weighted by Gasteiger charge is -2.22. The number of nitrogens with one attached hydrogen (secondary N) is 1. The van der Waals surface area contributed by atoms with E-state index in [0.29, 0.717) is 11.8 Å². The maximum absolute atomic E-state index is 11.2. The minimum absolute atomic E-state index is 0.111. The van der Waals surface area contributed by atoms with Crippen molar-refractivity contribution in [3.63, 3.8) is 0 Å². The van der Waals surface area contributed by atoms with E-state index in [2.05, 4.69) is 25.2 Å². The Labute approximate surface area is 128 Å². The van der Waals surface area contributed by atoms with Crippen LogP contribution in [-0.4, -0.2) is 38.8 Å². The Balaban J connectivity index is 1.77. The van der Waals surface area contributed by atoms with Crippen LogP contribution in [0.15, 0.2) is 36.7 Å². The fourth-order valence-electron chi connectivity index (χ4n) is 2.72. The molecule has 0 aliphatic carbocycles. The molecule has 3 N–H and O–H groups in total. The predicted octanol–water partition coefficient (Wildman–Crippen LogP) is 1.24. The van der Waals surface area contributed by atoms with Gasteiger partial charge in [-0.05, 0) is 37.6 Å². The Morgan fingerprint density at radius 1 is 1.32 bits per heavy atom. The average Bonchev–Trinajstić information content (AvgIpc) is 2.96. The number of primary amides is 1. The number of likely N-dealkylation sites (tertiary alicyclic amines) is 1. The van der Waals surface area contributed by atoms with Gasteiger partial charge in [0.2, 0.25) is 11.9 Å². The molecule has 114 valence electrons. The van der Waals surface area contributed by atoms with Gasteiger partial charge in [0.1, 0.15) is 5.82 Å². The molecule has 0 radical (unpaired) electrons. The molecule has 1 aliphatic heterocycles. The van der Waals surface area contributed by atoms with E-state index in [4.69, 9.17) is 5.73 Å². The first-order chi connectivity index (χ1) is 10.7. The molecule has 7 nitrogen and oxygen atoms in total. The van der Waals surface area contributed by atoms with E-state index in [0.717, 1.165) is 25.1 Å². The number of carbonyl (C=O) groups excluding carboxylic acids is 1. The molecule has 1 saturated heterocycles. The van der Waals surface area contributed by atoms with Gasteiger partial charge in [-0.1, -0.05) is 6.07 Å². The van der Waals surface area contributed by atoms with Crippen LogP contribution in [0.2, 0.25) is 0 Å². The lowest BCUT2D eigenvalue weighted by Crippen LogP contribution is -2.33. The summed E-state index contributed by atoms with van der Waals surface area (Å²) in [4.78, 5) is 26.2. The largest absolute Gasteiger partial charge is 0.369 e. The van der Waals surface area contributed by atoms with E-state index < -0.39 is 0 Å². The van der Waals surface area contributed by atoms with Gasteiger partial charge in [-0.15, -0.1) is 0 Å². The van der Waals surface area contributed by atoms with Crippen LogP contribution in [0.4, 0.5) is 11.8 Å². The topological polar surface area (TPSA) is 97.0 Å². The third kappa shape index (κ3) is 3.37. The molecular weight excluding hydrogens is 280 g/mol. The standard InChI is InChI=1S/C15H18N6O/c16-13(22)10-21-9-3-4-12(21)11-6-8-18-15(19-11)20-14-5-1-2-7-17-14/h1-2,5-8,12H,3-4,9-10H2,(H2,16,22)(H,17,18,19,20). The van der Waals surface area contributed by atoms with E-state index in [1.807, 2.05) is 24.3 Å². The summed E-state index contributed by atoms with van der Waals surface area (Å²) in [5.41, 5.74) is 6.21. The first-order valence-corrected chi connectivity index (χ1v) is 7.26. The molecule has 2 aromatic rings. The quantitative estimate of drug-likeness (QED) is 0.862. The summed E-state index contributed by atoms with van der Waals surface area (Å²) in [6.07, 6.45) is 5.42. The van der Waals surface area contributed by atoms with Crippen LogP contribution in [-0.2, 0) is 4.79 Å². The molecule has 22 heavy (non-hydrogen) atoms. The van der Waals surface area contributed by atoms with Crippen molar-refractivity contribution in [1.29, 1.82) is 0 Å². The van der Waals surface area contributed by atoms with Gasteiger partial charge in [0.05, 0.1) is 18.3 Å². The van der Waals surface area contributed by atoms with E-state index in [-0.39, 0.29) is 18.5 Å². The zero-order valence-corrected chi connectivity index (χ0v) is 12.1. The molecule has 1 amide bonds. The number of nitrogens with zero attached hydrogens (tertiary/aromatic N) is 4. The maximum Gasteiger partial charge on any atom is 0.231 e. The number of pyridine rings is 1. The highest BCUT2D eigenvalue weighted by molar-refractivity contribution is 5.76. The number of aromatic nitrogens is 3. The Kier molecular flexibility index (Phi) is 4.24. The number of amides is 1. The Morgan fingerprint density at radius 2 is 2.23 bits per heavy atom. The summed E-state index contributed by atoms with van der Waals surface area (Å²) in [5.74, 6) is 0.884. The normalized spacial score (nSPS) is 18.3. The molecule has 1 atom stereocenters. The van der Waals surface area contributed by atoms with Gasteiger partial charge in [0, 0.05) is 12.4 Å². The molecule has 7 heteroatoms. The van der Waals surface area contributed by atoms with Crippen molar-refractivity contribution in [2.45, 2.75) is 18.9 Å². The number of hydrogen-bond donors (Lipinski definition) is 2. The third-order valence-corrected chi connectivity index (χ3v) is 3.65. The Morgan fingerprint density at radius 3 is 3.00 bits per heavy atom. The van der Waals surface area contributed by atoms with Crippen molar-refractivity contribution in [2.24, 2.45) is 5.73 Å². The number of hydrogen-bond acceptors (Lipinski definition) is 6. The van der Waals surface area contributed by atoms with Gasteiger partial charge < -0.3 is 11.1 Å². The van der Waals surface area contributed by atoms with Crippen molar-refractivity contribution in [3.05, 3.63) is 42.4 Å². The Bertz CT molecular complexity index is 647. The SMILES string of the molecule is NC(=O)CN1CCCC1c1ccnc(Nc2ccccn2)n1. The van der Waals surface area contributed by atoms with E-state index in [1.54, 1.807) is 12.4 Å². The molecule has 2 aromatic heterocycles. The lowest BCUT2D eigenvalue weighted by atomic mass is 10.1. The second kappa shape index (κ2) is 6.48. The maximum atomic E-state index is 11.2. The molecule has 1 unspecified atom stereocenters. The van der Waals surface area contributed by atoms with Crippen LogP contribution in [0.1, 0.15) is 24.6 Å². The molecule has 3 rings (SSSR count). The minimum Gasteiger partial charge on any atom is -0.369 e. The highest BCUT2D eigenvalue weighted by atomic mass is 16.1. The predicted molar refractivity (Wildman–Crippen MR) is 82.3 cm³/mol. The molecule has 0 aromatic carbocycles. The Hall–Kier alpha value is -2.54. The highest BCUT2D eigenvalue weighted by Gasteiger charge is 2.28. The van der Waals surface area contributed by atoms with Gasteiger partial charge in [-0.2, -0.15) is 0 Å². The minimum atomic E-state index is -0.312. The molecule has 0 spiro atoms. The fraction of sp³-hybridized carbons (Fsp3) is 0.333. The summed E-state index contributed by atoms with van der Waals surface area (Å²) in [7, 11) is 0. The van der Waals surface area contributed by atoms with Gasteiger partial charge in [-0.3, -0.25) is 9.69 Å². The van der Waals surface area contributed by atoms with Crippen molar-refractivity contribution in [2.75, 3.05) is 18.4 Å². The molecular formula is C15H18N6O. The van der Waals surface area contributed by atoms with Gasteiger partial charge in [0.25, 0.3) is 0 Å². The van der Waals surface area contributed by atoms with Gasteiger partial charge in [-0.25, -0.2) is 15.0 Å². The van der Waals surface area contributed by atoms with Crippen molar-refractivity contribution >= 4 is 17.7 Å². The molecule has 1 fully saturated rings. The second-order valence-corrected chi connectivity index (χ2v) is 5.24. The van der Waals surface area contributed by atoms with E-state index in [9.17, 15) is 4.79 Å². The number of rotatable bonds is 5.